The number of halogens is 1. The molecule has 0 radical (unpaired) electrons. The lowest BCUT2D eigenvalue weighted by Crippen LogP contribution is -2.18. The Morgan fingerprint density at radius 1 is 1.41 bits per heavy atom. The molecule has 1 fully saturated rings. The summed E-state index contributed by atoms with van der Waals surface area (Å²) in [6, 6.07) is 5.85. The number of ether oxygens (including phenoxy) is 1. The Bertz CT molecular complexity index is 1060. The molecule has 1 unspecified atom stereocenters. The van der Waals surface area contributed by atoms with Gasteiger partial charge in [-0.1, -0.05) is 18.0 Å². The van der Waals surface area contributed by atoms with Crippen molar-refractivity contribution in [3.05, 3.63) is 35.7 Å². The first kappa shape index (κ1) is 17.5. The van der Waals surface area contributed by atoms with Gasteiger partial charge in [0.05, 0.1) is 17.4 Å². The quantitative estimate of drug-likeness (QED) is 0.656. The van der Waals surface area contributed by atoms with E-state index in [1.54, 1.807) is 33.8 Å². The maximum Gasteiger partial charge on any atom is 0.409 e. The van der Waals surface area contributed by atoms with E-state index in [0.717, 1.165) is 37.0 Å². The number of carboxylic acid groups (broad SMARTS) is 1. The number of carbonyl (C=O) groups is 1. The minimum absolute atomic E-state index is 0.0838. The average molecular weight is 385 g/mol. The highest BCUT2D eigenvalue weighted by Crippen LogP contribution is 2.38. The van der Waals surface area contributed by atoms with E-state index in [0.29, 0.717) is 21.6 Å². The molecule has 27 heavy (non-hydrogen) atoms. The second kappa shape index (κ2) is 6.99. The number of fused-ring (bicyclic) bond motifs is 1. The molecule has 1 atom stereocenters. The predicted molar refractivity (Wildman–Crippen MR) is 103 cm³/mol. The van der Waals surface area contributed by atoms with Gasteiger partial charge in [-0.3, -0.25) is 9.88 Å². The molecule has 1 aliphatic rings. The Morgan fingerprint density at radius 2 is 2.26 bits per heavy atom. The molecule has 7 nitrogen and oxygen atoms in total. The third kappa shape index (κ3) is 3.25. The Labute approximate surface area is 160 Å². The van der Waals surface area contributed by atoms with Gasteiger partial charge in [-0.05, 0) is 31.4 Å². The van der Waals surface area contributed by atoms with Gasteiger partial charge in [0.15, 0.2) is 0 Å². The molecule has 0 aliphatic carbocycles. The van der Waals surface area contributed by atoms with Crippen LogP contribution in [-0.2, 0) is 4.74 Å². The molecule has 8 heteroatoms. The molecule has 0 spiro atoms. The number of hydrogen-bond donors (Lipinski definition) is 2. The standard InChI is InChI=1S/C19H17ClN4O3/c1-2-23-11-14(12-9-21-24(10-12)17-5-3-4-6-27-17)18-15(22-19(25)26)7-13(20)8-16(18)23/h1,7-11,17,22H,3-6H2,(H,25,26). The zero-order valence-electron chi connectivity index (χ0n) is 14.4. The number of amides is 1. The molecule has 0 saturated carbocycles. The van der Waals surface area contributed by atoms with Gasteiger partial charge in [-0.15, -0.1) is 0 Å². The van der Waals surface area contributed by atoms with Crippen molar-refractivity contribution in [1.29, 1.82) is 0 Å². The second-order valence-electron chi connectivity index (χ2n) is 6.35. The lowest BCUT2D eigenvalue weighted by Gasteiger charge is -2.22. The monoisotopic (exact) mass is 384 g/mol. The lowest BCUT2D eigenvalue weighted by molar-refractivity contribution is -0.0394. The number of nitrogens with one attached hydrogen (secondary N) is 1. The summed E-state index contributed by atoms with van der Waals surface area (Å²) >= 11 is 6.15. The van der Waals surface area contributed by atoms with Crippen molar-refractivity contribution in [2.45, 2.75) is 25.5 Å². The van der Waals surface area contributed by atoms with Crippen LogP contribution in [0.2, 0.25) is 5.02 Å². The summed E-state index contributed by atoms with van der Waals surface area (Å²) in [5.41, 5.74) is 2.60. The molecule has 1 aliphatic heterocycles. The maximum absolute atomic E-state index is 11.2. The average Bonchev–Trinajstić information content (AvgIpc) is 3.26. The highest BCUT2D eigenvalue weighted by Gasteiger charge is 2.20. The van der Waals surface area contributed by atoms with Crippen molar-refractivity contribution in [3.63, 3.8) is 0 Å². The molecular formula is C19H17ClN4O3. The Kier molecular flexibility index (Phi) is 4.52. The molecule has 4 rings (SSSR count). The van der Waals surface area contributed by atoms with Gasteiger partial charge in [-0.25, -0.2) is 9.48 Å². The zero-order valence-corrected chi connectivity index (χ0v) is 15.1. The third-order valence-corrected chi connectivity index (χ3v) is 4.83. The summed E-state index contributed by atoms with van der Waals surface area (Å²) in [4.78, 5) is 11.2. The first-order valence-corrected chi connectivity index (χ1v) is 8.92. The van der Waals surface area contributed by atoms with Crippen LogP contribution in [-0.4, -0.2) is 32.2 Å². The fourth-order valence-electron chi connectivity index (χ4n) is 3.44. The summed E-state index contributed by atoms with van der Waals surface area (Å²) in [6.45, 7) is 0.724. The second-order valence-corrected chi connectivity index (χ2v) is 6.79. The number of nitrogens with zero attached hydrogens (tertiary/aromatic N) is 3. The summed E-state index contributed by atoms with van der Waals surface area (Å²) in [5.74, 6) is 0. The molecular weight excluding hydrogens is 368 g/mol. The molecule has 2 N–H and O–H groups in total. The molecule has 2 aromatic heterocycles. The van der Waals surface area contributed by atoms with E-state index in [4.69, 9.17) is 22.8 Å². The molecule has 1 aromatic carbocycles. The van der Waals surface area contributed by atoms with Crippen molar-refractivity contribution in [3.8, 4) is 23.6 Å². The van der Waals surface area contributed by atoms with Gasteiger partial charge in [0.25, 0.3) is 0 Å². The van der Waals surface area contributed by atoms with Crippen LogP contribution in [0.25, 0.3) is 22.0 Å². The SMILES string of the molecule is C#Cn1cc(-c2cnn(C3CCCCO3)c2)c2c(NC(=O)O)cc(Cl)cc21. The van der Waals surface area contributed by atoms with Gasteiger partial charge in [0.2, 0.25) is 0 Å². The molecule has 1 saturated heterocycles. The van der Waals surface area contributed by atoms with Gasteiger partial charge in [-0.2, -0.15) is 5.10 Å². The maximum atomic E-state index is 11.2. The first-order valence-electron chi connectivity index (χ1n) is 8.54. The molecule has 0 bridgehead atoms. The van der Waals surface area contributed by atoms with E-state index in [1.165, 1.54) is 0 Å². The van der Waals surface area contributed by atoms with E-state index in [2.05, 4.69) is 16.5 Å². The smallest absolute Gasteiger partial charge is 0.409 e. The molecule has 3 aromatic rings. The van der Waals surface area contributed by atoms with Gasteiger partial charge in [0, 0.05) is 46.6 Å². The highest BCUT2D eigenvalue weighted by atomic mass is 35.5. The zero-order chi connectivity index (χ0) is 19.0. The van der Waals surface area contributed by atoms with Crippen LogP contribution in [0.15, 0.2) is 30.7 Å². The van der Waals surface area contributed by atoms with Crippen molar-refractivity contribution >= 4 is 34.3 Å². The molecule has 1 amide bonds. The van der Waals surface area contributed by atoms with Gasteiger partial charge >= 0.3 is 6.09 Å². The highest BCUT2D eigenvalue weighted by molar-refractivity contribution is 6.32. The first-order chi connectivity index (χ1) is 13.1. The van der Waals surface area contributed by atoms with Crippen molar-refractivity contribution in [2.75, 3.05) is 11.9 Å². The summed E-state index contributed by atoms with van der Waals surface area (Å²) in [6.07, 6.45) is 12.8. The van der Waals surface area contributed by atoms with E-state index >= 15 is 0 Å². The van der Waals surface area contributed by atoms with Crippen LogP contribution in [0.1, 0.15) is 25.5 Å². The van der Waals surface area contributed by atoms with Crippen LogP contribution < -0.4 is 5.32 Å². The van der Waals surface area contributed by atoms with E-state index in [1.807, 2.05) is 6.20 Å². The van der Waals surface area contributed by atoms with E-state index in [9.17, 15) is 9.90 Å². The van der Waals surface area contributed by atoms with E-state index in [-0.39, 0.29) is 6.23 Å². The largest absolute Gasteiger partial charge is 0.465 e. The van der Waals surface area contributed by atoms with Gasteiger partial charge in [0.1, 0.15) is 6.23 Å². The van der Waals surface area contributed by atoms with Crippen LogP contribution in [0.4, 0.5) is 10.5 Å². The minimum atomic E-state index is -1.18. The number of anilines is 1. The Balaban J connectivity index is 1.85. The summed E-state index contributed by atoms with van der Waals surface area (Å²) in [7, 11) is 0. The number of aromatic nitrogens is 3. The molecule has 138 valence electrons. The van der Waals surface area contributed by atoms with Crippen molar-refractivity contribution < 1.29 is 14.6 Å². The number of benzene rings is 1. The van der Waals surface area contributed by atoms with Crippen LogP contribution in [0.5, 0.6) is 0 Å². The fraction of sp³-hybridized carbons (Fsp3) is 0.263. The number of terminal acetylenes is 1. The topological polar surface area (TPSA) is 81.3 Å². The lowest BCUT2D eigenvalue weighted by atomic mass is 10.1. The van der Waals surface area contributed by atoms with Crippen LogP contribution >= 0.6 is 11.6 Å². The predicted octanol–water partition coefficient (Wildman–Crippen LogP) is 4.39. The third-order valence-electron chi connectivity index (χ3n) is 4.61. The normalized spacial score (nSPS) is 17.0. The summed E-state index contributed by atoms with van der Waals surface area (Å²) < 4.78 is 9.16. The summed E-state index contributed by atoms with van der Waals surface area (Å²) in [5, 5.41) is 17.1. The van der Waals surface area contributed by atoms with E-state index < -0.39 is 6.09 Å². The van der Waals surface area contributed by atoms with Crippen LogP contribution in [0, 0.1) is 12.5 Å². The Hall–Kier alpha value is -2.95. The molecule has 3 heterocycles. The minimum Gasteiger partial charge on any atom is -0.465 e. The number of hydrogen-bond acceptors (Lipinski definition) is 3. The Morgan fingerprint density at radius 3 is 2.96 bits per heavy atom. The fourth-order valence-corrected chi connectivity index (χ4v) is 3.65. The van der Waals surface area contributed by atoms with Gasteiger partial charge < -0.3 is 9.84 Å². The van der Waals surface area contributed by atoms with Crippen molar-refractivity contribution in [1.82, 2.24) is 14.3 Å². The number of rotatable bonds is 3. The van der Waals surface area contributed by atoms with Crippen LogP contribution in [0.3, 0.4) is 0 Å². The van der Waals surface area contributed by atoms with Crippen molar-refractivity contribution in [2.24, 2.45) is 0 Å².